The SMILES string of the molecule is O=C(NCCC(c1ccccc1)c1ccccc1)c1ccc(N2CCCCS2(=O)=O)cc1. The Hall–Kier alpha value is -3.12. The first kappa shape index (κ1) is 22.1. The van der Waals surface area contributed by atoms with Gasteiger partial charge in [-0.15, -0.1) is 0 Å². The van der Waals surface area contributed by atoms with Gasteiger partial charge in [-0.25, -0.2) is 8.42 Å². The molecule has 1 saturated heterocycles. The molecule has 0 spiro atoms. The number of hydrogen-bond acceptors (Lipinski definition) is 3. The van der Waals surface area contributed by atoms with Crippen LogP contribution in [-0.2, 0) is 10.0 Å². The molecule has 0 aliphatic carbocycles. The number of carbonyl (C=O) groups excluding carboxylic acids is 1. The Balaban J connectivity index is 1.39. The zero-order valence-electron chi connectivity index (χ0n) is 18.0. The summed E-state index contributed by atoms with van der Waals surface area (Å²) in [4.78, 5) is 12.7. The lowest BCUT2D eigenvalue weighted by atomic mass is 9.88. The van der Waals surface area contributed by atoms with Crippen molar-refractivity contribution in [3.8, 4) is 0 Å². The first-order valence-corrected chi connectivity index (χ1v) is 12.6. The fourth-order valence-corrected chi connectivity index (χ4v) is 5.83. The number of rotatable bonds is 7. The van der Waals surface area contributed by atoms with Crippen molar-refractivity contribution in [3.63, 3.8) is 0 Å². The molecule has 1 fully saturated rings. The van der Waals surface area contributed by atoms with Crippen molar-refractivity contribution in [3.05, 3.63) is 102 Å². The predicted molar refractivity (Wildman–Crippen MR) is 128 cm³/mol. The third-order valence-corrected chi connectivity index (χ3v) is 7.76. The molecule has 32 heavy (non-hydrogen) atoms. The minimum Gasteiger partial charge on any atom is -0.352 e. The van der Waals surface area contributed by atoms with Crippen molar-refractivity contribution in [2.75, 3.05) is 23.1 Å². The first-order valence-electron chi connectivity index (χ1n) is 11.0. The van der Waals surface area contributed by atoms with Crippen LogP contribution < -0.4 is 9.62 Å². The molecule has 3 aromatic carbocycles. The van der Waals surface area contributed by atoms with E-state index in [4.69, 9.17) is 0 Å². The Morgan fingerprint density at radius 2 is 1.44 bits per heavy atom. The van der Waals surface area contributed by atoms with E-state index in [2.05, 4.69) is 29.6 Å². The summed E-state index contributed by atoms with van der Waals surface area (Å²) in [6, 6.07) is 27.5. The fourth-order valence-electron chi connectivity index (χ4n) is 4.19. The lowest BCUT2D eigenvalue weighted by molar-refractivity contribution is 0.0953. The number of benzene rings is 3. The largest absolute Gasteiger partial charge is 0.352 e. The van der Waals surface area contributed by atoms with Crippen LogP contribution in [0.1, 0.15) is 46.7 Å². The molecule has 3 aromatic rings. The van der Waals surface area contributed by atoms with Gasteiger partial charge in [0.25, 0.3) is 5.91 Å². The molecule has 166 valence electrons. The van der Waals surface area contributed by atoms with E-state index in [9.17, 15) is 13.2 Å². The number of nitrogens with one attached hydrogen (secondary N) is 1. The maximum Gasteiger partial charge on any atom is 0.251 e. The zero-order chi connectivity index (χ0) is 22.4. The molecule has 0 saturated carbocycles. The van der Waals surface area contributed by atoms with Gasteiger partial charge in [0.1, 0.15) is 0 Å². The van der Waals surface area contributed by atoms with E-state index in [0.717, 1.165) is 12.8 Å². The van der Waals surface area contributed by atoms with Gasteiger partial charge < -0.3 is 5.32 Å². The highest BCUT2D eigenvalue weighted by Gasteiger charge is 2.26. The van der Waals surface area contributed by atoms with Crippen molar-refractivity contribution in [1.82, 2.24) is 5.32 Å². The van der Waals surface area contributed by atoms with E-state index >= 15 is 0 Å². The van der Waals surface area contributed by atoms with Crippen LogP contribution in [0.15, 0.2) is 84.9 Å². The quantitative estimate of drug-likeness (QED) is 0.576. The van der Waals surface area contributed by atoms with Gasteiger partial charge in [-0.2, -0.15) is 0 Å². The lowest BCUT2D eigenvalue weighted by Gasteiger charge is -2.28. The van der Waals surface area contributed by atoms with Crippen molar-refractivity contribution >= 4 is 21.6 Å². The van der Waals surface area contributed by atoms with Gasteiger partial charge in [-0.3, -0.25) is 9.10 Å². The number of carbonyl (C=O) groups is 1. The maximum atomic E-state index is 12.7. The van der Waals surface area contributed by atoms with E-state index in [1.54, 1.807) is 24.3 Å². The summed E-state index contributed by atoms with van der Waals surface area (Å²) in [6.45, 7) is 1.03. The normalized spacial score (nSPS) is 15.5. The Bertz CT molecular complexity index is 1090. The molecule has 5 nitrogen and oxygen atoms in total. The summed E-state index contributed by atoms with van der Waals surface area (Å²) >= 11 is 0. The molecule has 0 bridgehead atoms. The third kappa shape index (κ3) is 5.19. The van der Waals surface area contributed by atoms with Gasteiger partial charge in [0.15, 0.2) is 0 Å². The lowest BCUT2D eigenvalue weighted by Crippen LogP contribution is -2.37. The molecule has 0 atom stereocenters. The van der Waals surface area contributed by atoms with Crippen molar-refractivity contribution in [2.24, 2.45) is 0 Å². The molecule has 1 N–H and O–H groups in total. The minimum atomic E-state index is -3.25. The minimum absolute atomic E-state index is 0.155. The van der Waals surface area contributed by atoms with Gasteiger partial charge in [0, 0.05) is 24.6 Å². The van der Waals surface area contributed by atoms with Gasteiger partial charge in [0.05, 0.1) is 11.4 Å². The average molecular weight is 449 g/mol. The topological polar surface area (TPSA) is 66.5 Å². The van der Waals surface area contributed by atoms with E-state index in [1.807, 2.05) is 36.4 Å². The molecule has 1 aliphatic heterocycles. The molecular weight excluding hydrogens is 420 g/mol. The predicted octanol–water partition coefficient (Wildman–Crippen LogP) is 4.57. The number of anilines is 1. The Kier molecular flexibility index (Phi) is 6.90. The molecule has 6 heteroatoms. The third-order valence-electron chi connectivity index (χ3n) is 5.89. The Morgan fingerprint density at radius 1 is 0.844 bits per heavy atom. The summed E-state index contributed by atoms with van der Waals surface area (Å²) < 4.78 is 26.0. The molecule has 0 unspecified atom stereocenters. The van der Waals surface area contributed by atoms with Crippen LogP contribution in [0, 0.1) is 0 Å². The summed E-state index contributed by atoms with van der Waals surface area (Å²) in [5, 5.41) is 3.01. The van der Waals surface area contributed by atoms with Crippen molar-refractivity contribution in [2.45, 2.75) is 25.2 Å². The number of amides is 1. The van der Waals surface area contributed by atoms with Crippen LogP contribution in [0.5, 0.6) is 0 Å². The standard InChI is InChI=1S/C26H28N2O3S/c29-26(23-13-15-24(16-14-23)28-19-7-8-20-32(28,30)31)27-18-17-25(21-9-3-1-4-10-21)22-11-5-2-6-12-22/h1-6,9-16,25H,7-8,17-20H2,(H,27,29). The summed E-state index contributed by atoms with van der Waals surface area (Å²) in [5.74, 6) is 0.224. The van der Waals surface area contributed by atoms with E-state index in [-0.39, 0.29) is 17.6 Å². The van der Waals surface area contributed by atoms with Gasteiger partial charge in [0.2, 0.25) is 10.0 Å². The van der Waals surface area contributed by atoms with Gasteiger partial charge in [-0.05, 0) is 54.7 Å². The van der Waals surface area contributed by atoms with Crippen molar-refractivity contribution in [1.29, 1.82) is 0 Å². The van der Waals surface area contributed by atoms with Gasteiger partial charge in [-0.1, -0.05) is 60.7 Å². The second-order valence-corrected chi connectivity index (χ2v) is 10.1. The first-order chi connectivity index (χ1) is 15.5. The Morgan fingerprint density at radius 3 is 2.00 bits per heavy atom. The van der Waals surface area contributed by atoms with Crippen LogP contribution in [0.3, 0.4) is 0 Å². The zero-order valence-corrected chi connectivity index (χ0v) is 18.8. The van der Waals surface area contributed by atoms with E-state index in [1.165, 1.54) is 15.4 Å². The van der Waals surface area contributed by atoms with Crippen molar-refractivity contribution < 1.29 is 13.2 Å². The molecule has 0 radical (unpaired) electrons. The molecule has 1 heterocycles. The van der Waals surface area contributed by atoms with E-state index in [0.29, 0.717) is 30.8 Å². The highest BCUT2D eigenvalue weighted by atomic mass is 32.2. The van der Waals surface area contributed by atoms with Gasteiger partial charge >= 0.3 is 0 Å². The summed E-state index contributed by atoms with van der Waals surface area (Å²) in [6.07, 6.45) is 2.33. The number of sulfonamides is 1. The molecule has 1 aliphatic rings. The average Bonchev–Trinajstić information content (AvgIpc) is 2.83. The summed E-state index contributed by atoms with van der Waals surface area (Å²) in [7, 11) is -3.25. The molecular formula is C26H28N2O3S. The highest BCUT2D eigenvalue weighted by molar-refractivity contribution is 7.92. The summed E-state index contributed by atoms with van der Waals surface area (Å²) in [5.41, 5.74) is 3.59. The second kappa shape index (κ2) is 10.0. The highest BCUT2D eigenvalue weighted by Crippen LogP contribution is 2.27. The van der Waals surface area contributed by atoms with Crippen LogP contribution in [0.25, 0.3) is 0 Å². The monoisotopic (exact) mass is 448 g/mol. The molecule has 1 amide bonds. The van der Waals surface area contributed by atoms with E-state index < -0.39 is 10.0 Å². The number of hydrogen-bond donors (Lipinski definition) is 1. The number of nitrogens with zero attached hydrogens (tertiary/aromatic N) is 1. The van der Waals surface area contributed by atoms with Crippen LogP contribution >= 0.6 is 0 Å². The maximum absolute atomic E-state index is 12.7. The smallest absolute Gasteiger partial charge is 0.251 e. The Labute approximate surface area is 190 Å². The van der Waals surface area contributed by atoms with Crippen LogP contribution in [-0.4, -0.2) is 33.2 Å². The second-order valence-electron chi connectivity index (χ2n) is 8.06. The molecule has 4 rings (SSSR count). The molecule has 0 aromatic heterocycles. The van der Waals surface area contributed by atoms with Crippen LogP contribution in [0.2, 0.25) is 0 Å². The van der Waals surface area contributed by atoms with Crippen LogP contribution in [0.4, 0.5) is 5.69 Å². The fraction of sp³-hybridized carbons (Fsp3) is 0.269.